The van der Waals surface area contributed by atoms with E-state index < -0.39 is 24.4 Å². The first kappa shape index (κ1) is 23.7. The number of benzene rings is 2. The van der Waals surface area contributed by atoms with Crippen LogP contribution in [0.2, 0.25) is 10.0 Å². The summed E-state index contributed by atoms with van der Waals surface area (Å²) in [6.07, 6.45) is 1.29. The Kier molecular flexibility index (Phi) is 7.37. The van der Waals surface area contributed by atoms with Gasteiger partial charge in [-0.15, -0.1) is 0 Å². The van der Waals surface area contributed by atoms with Crippen LogP contribution in [-0.4, -0.2) is 31.0 Å². The van der Waals surface area contributed by atoms with Crippen LogP contribution < -0.4 is 5.32 Å². The van der Waals surface area contributed by atoms with Gasteiger partial charge in [0, 0.05) is 16.6 Å². The molecule has 0 aliphatic carbocycles. The van der Waals surface area contributed by atoms with E-state index in [1.54, 1.807) is 18.2 Å². The molecule has 8 heteroatoms. The first-order valence-corrected chi connectivity index (χ1v) is 10.8. The maximum atomic E-state index is 12.3. The molecule has 3 rings (SSSR count). The molecule has 0 radical (unpaired) electrons. The normalized spacial score (nSPS) is 17.5. The van der Waals surface area contributed by atoms with E-state index in [4.69, 9.17) is 37.2 Å². The van der Waals surface area contributed by atoms with Crippen LogP contribution in [0, 0.1) is 0 Å². The van der Waals surface area contributed by atoms with Crippen LogP contribution in [0.25, 0.3) is 6.08 Å². The molecule has 0 atom stereocenters. The number of carbonyl (C=O) groups excluding carboxylic acids is 1. The number of rotatable bonds is 6. The minimum atomic E-state index is -0.658. The summed E-state index contributed by atoms with van der Waals surface area (Å²) in [6.45, 7) is 8.23. The Hall–Kier alpha value is -1.99. The SMILES string of the molecule is CC1(C)OB(C(=Cc2cc(Cl)ccc2Cl)CNC(=O)OCc2ccccc2)OC1(C)C. The second-order valence-electron chi connectivity index (χ2n) is 8.39. The molecule has 2 aromatic carbocycles. The fourth-order valence-electron chi connectivity index (χ4n) is 2.97. The van der Waals surface area contributed by atoms with Crippen LogP contribution in [0.5, 0.6) is 0 Å². The molecule has 1 heterocycles. The van der Waals surface area contributed by atoms with E-state index in [2.05, 4.69) is 5.32 Å². The number of nitrogens with one attached hydrogen (secondary N) is 1. The fourth-order valence-corrected chi connectivity index (χ4v) is 3.32. The maximum Gasteiger partial charge on any atom is 0.492 e. The second-order valence-corrected chi connectivity index (χ2v) is 9.23. The summed E-state index contributed by atoms with van der Waals surface area (Å²) in [4.78, 5) is 12.3. The van der Waals surface area contributed by atoms with E-state index in [1.807, 2.05) is 64.1 Å². The lowest BCUT2D eigenvalue weighted by Gasteiger charge is -2.32. The molecule has 1 saturated heterocycles. The van der Waals surface area contributed by atoms with Gasteiger partial charge in [-0.25, -0.2) is 4.79 Å². The van der Waals surface area contributed by atoms with Crippen molar-refractivity contribution in [2.24, 2.45) is 0 Å². The molecule has 0 unspecified atom stereocenters. The van der Waals surface area contributed by atoms with Crippen molar-refractivity contribution in [2.45, 2.75) is 45.5 Å². The zero-order valence-electron chi connectivity index (χ0n) is 18.1. The summed E-state index contributed by atoms with van der Waals surface area (Å²) < 4.78 is 17.7. The standard InChI is InChI=1S/C23H26BCl2NO4/c1-22(2)23(3,4)31-24(30-22)18(12-17-13-19(25)10-11-20(17)26)14-27-21(28)29-15-16-8-6-5-7-9-16/h5-13H,14-15H2,1-4H3,(H,27,28). The van der Waals surface area contributed by atoms with Gasteiger partial charge in [0.15, 0.2) is 0 Å². The van der Waals surface area contributed by atoms with Crippen molar-refractivity contribution in [1.29, 1.82) is 0 Å². The van der Waals surface area contributed by atoms with Gasteiger partial charge in [-0.05, 0) is 62.5 Å². The van der Waals surface area contributed by atoms with E-state index >= 15 is 0 Å². The van der Waals surface area contributed by atoms with Gasteiger partial charge in [0.1, 0.15) is 6.61 Å². The van der Waals surface area contributed by atoms with Crippen molar-refractivity contribution in [3.8, 4) is 0 Å². The third kappa shape index (κ3) is 6.04. The second kappa shape index (κ2) is 9.66. The predicted octanol–water partition coefficient (Wildman–Crippen LogP) is 5.93. The van der Waals surface area contributed by atoms with Crippen LogP contribution in [0.3, 0.4) is 0 Å². The van der Waals surface area contributed by atoms with E-state index in [-0.39, 0.29) is 13.2 Å². The van der Waals surface area contributed by atoms with Gasteiger partial charge in [-0.2, -0.15) is 0 Å². The Bertz CT molecular complexity index is 947. The molecular formula is C23H26BCl2NO4. The number of halogens is 2. The summed E-state index contributed by atoms with van der Waals surface area (Å²) in [5, 5.41) is 3.86. The summed E-state index contributed by atoms with van der Waals surface area (Å²) in [5.41, 5.74) is 1.26. The van der Waals surface area contributed by atoms with Gasteiger partial charge in [0.05, 0.1) is 11.2 Å². The molecule has 1 aliphatic heterocycles. The van der Waals surface area contributed by atoms with Crippen LogP contribution in [0.1, 0.15) is 38.8 Å². The van der Waals surface area contributed by atoms with E-state index in [0.29, 0.717) is 21.1 Å². The monoisotopic (exact) mass is 461 g/mol. The highest BCUT2D eigenvalue weighted by Crippen LogP contribution is 2.39. The number of hydrogen-bond donors (Lipinski definition) is 1. The number of amides is 1. The molecule has 0 aromatic heterocycles. The Morgan fingerprint density at radius 2 is 1.71 bits per heavy atom. The molecule has 2 aromatic rings. The number of ether oxygens (including phenoxy) is 1. The molecule has 1 fully saturated rings. The lowest BCUT2D eigenvalue weighted by molar-refractivity contribution is 0.00578. The van der Waals surface area contributed by atoms with Gasteiger partial charge in [-0.3, -0.25) is 0 Å². The Morgan fingerprint density at radius 3 is 2.35 bits per heavy atom. The van der Waals surface area contributed by atoms with Gasteiger partial charge in [0.2, 0.25) is 0 Å². The Balaban J connectivity index is 1.75. The molecule has 1 amide bonds. The fraction of sp³-hybridized carbons (Fsp3) is 0.348. The van der Waals surface area contributed by atoms with Crippen molar-refractivity contribution in [3.05, 3.63) is 75.2 Å². The third-order valence-electron chi connectivity index (χ3n) is 5.50. The van der Waals surface area contributed by atoms with Gasteiger partial charge in [0.25, 0.3) is 0 Å². The molecule has 1 aliphatic rings. The van der Waals surface area contributed by atoms with Crippen LogP contribution in [-0.2, 0) is 20.7 Å². The summed E-state index contributed by atoms with van der Waals surface area (Å²) in [5.74, 6) is 0. The van der Waals surface area contributed by atoms with E-state index in [9.17, 15) is 4.79 Å². The van der Waals surface area contributed by atoms with Gasteiger partial charge in [-0.1, -0.05) is 59.6 Å². The molecule has 0 spiro atoms. The number of hydrogen-bond acceptors (Lipinski definition) is 4. The van der Waals surface area contributed by atoms with Crippen LogP contribution >= 0.6 is 23.2 Å². The smallest absolute Gasteiger partial charge is 0.445 e. The first-order chi connectivity index (χ1) is 14.6. The Labute approximate surface area is 193 Å². The zero-order chi connectivity index (χ0) is 22.6. The van der Waals surface area contributed by atoms with Crippen molar-refractivity contribution >= 4 is 42.5 Å². The maximum absolute atomic E-state index is 12.3. The molecule has 0 saturated carbocycles. The summed E-state index contributed by atoms with van der Waals surface area (Å²) in [6, 6.07) is 14.7. The minimum absolute atomic E-state index is 0.160. The Morgan fingerprint density at radius 1 is 1.06 bits per heavy atom. The average Bonchev–Trinajstić information content (AvgIpc) is 2.94. The van der Waals surface area contributed by atoms with Crippen molar-refractivity contribution in [1.82, 2.24) is 5.32 Å². The zero-order valence-corrected chi connectivity index (χ0v) is 19.6. The average molecular weight is 462 g/mol. The van der Waals surface area contributed by atoms with Gasteiger partial charge >= 0.3 is 13.2 Å². The number of alkyl carbamates (subject to hydrolysis) is 1. The molecule has 31 heavy (non-hydrogen) atoms. The quantitative estimate of drug-likeness (QED) is 0.541. The van der Waals surface area contributed by atoms with E-state index in [0.717, 1.165) is 5.56 Å². The van der Waals surface area contributed by atoms with Crippen molar-refractivity contribution < 1.29 is 18.8 Å². The highest BCUT2D eigenvalue weighted by Gasteiger charge is 2.52. The largest absolute Gasteiger partial charge is 0.492 e. The summed E-state index contributed by atoms with van der Waals surface area (Å²) >= 11 is 12.5. The third-order valence-corrected chi connectivity index (χ3v) is 6.08. The molecule has 164 valence electrons. The van der Waals surface area contributed by atoms with Crippen molar-refractivity contribution in [2.75, 3.05) is 6.54 Å². The summed E-state index contributed by atoms with van der Waals surface area (Å²) in [7, 11) is -0.658. The van der Waals surface area contributed by atoms with Crippen molar-refractivity contribution in [3.63, 3.8) is 0 Å². The first-order valence-electron chi connectivity index (χ1n) is 10.0. The highest BCUT2D eigenvalue weighted by atomic mass is 35.5. The van der Waals surface area contributed by atoms with Crippen LogP contribution in [0.4, 0.5) is 4.79 Å². The molecule has 5 nitrogen and oxygen atoms in total. The van der Waals surface area contributed by atoms with E-state index in [1.165, 1.54) is 0 Å². The molecule has 1 N–H and O–H groups in total. The van der Waals surface area contributed by atoms with Gasteiger partial charge < -0.3 is 19.4 Å². The minimum Gasteiger partial charge on any atom is -0.445 e. The lowest BCUT2D eigenvalue weighted by Crippen LogP contribution is -2.41. The lowest BCUT2D eigenvalue weighted by atomic mass is 9.77. The number of carbonyl (C=O) groups is 1. The topological polar surface area (TPSA) is 56.8 Å². The van der Waals surface area contributed by atoms with Crippen LogP contribution in [0.15, 0.2) is 54.0 Å². The highest BCUT2D eigenvalue weighted by molar-refractivity contribution is 6.56. The predicted molar refractivity (Wildman–Crippen MR) is 125 cm³/mol. The molecule has 0 bridgehead atoms. The molecular weight excluding hydrogens is 436 g/mol.